The van der Waals surface area contributed by atoms with Gasteiger partial charge in [0.25, 0.3) is 5.56 Å². The molecule has 4 aromatic rings. The minimum Gasteiger partial charge on any atom is -0.494 e. The largest absolute Gasteiger partial charge is 0.494 e. The van der Waals surface area contributed by atoms with Gasteiger partial charge in [-0.05, 0) is 49.7 Å². The van der Waals surface area contributed by atoms with Gasteiger partial charge in [-0.1, -0.05) is 18.2 Å². The molecule has 0 unspecified atom stereocenters. The summed E-state index contributed by atoms with van der Waals surface area (Å²) in [6.07, 6.45) is 2.86. The van der Waals surface area contributed by atoms with Gasteiger partial charge in [0, 0.05) is 5.69 Å². The first-order valence-corrected chi connectivity index (χ1v) is 9.58. The molecule has 152 valence electrons. The van der Waals surface area contributed by atoms with Gasteiger partial charge in [-0.25, -0.2) is 9.67 Å². The van der Waals surface area contributed by atoms with Gasteiger partial charge < -0.3 is 10.1 Å². The van der Waals surface area contributed by atoms with Crippen molar-refractivity contribution in [3.05, 3.63) is 77.0 Å². The van der Waals surface area contributed by atoms with Crippen LogP contribution in [-0.2, 0) is 11.3 Å². The van der Waals surface area contributed by atoms with Crippen LogP contribution in [-0.4, -0.2) is 31.8 Å². The Morgan fingerprint density at radius 1 is 1.13 bits per heavy atom. The van der Waals surface area contributed by atoms with Crippen LogP contribution in [0.4, 0.5) is 5.69 Å². The van der Waals surface area contributed by atoms with Crippen molar-refractivity contribution in [2.45, 2.75) is 20.4 Å². The van der Waals surface area contributed by atoms with Crippen molar-refractivity contribution in [1.82, 2.24) is 19.3 Å². The number of aromatic nitrogens is 4. The monoisotopic (exact) mass is 403 g/mol. The number of amides is 1. The first-order valence-electron chi connectivity index (χ1n) is 9.58. The number of nitrogens with one attached hydrogen (secondary N) is 1. The minimum absolute atomic E-state index is 0.148. The number of carbonyl (C=O) groups excluding carboxylic acids is 1. The summed E-state index contributed by atoms with van der Waals surface area (Å²) in [5.41, 5.74) is 2.63. The molecule has 1 N–H and O–H groups in total. The average molecular weight is 403 g/mol. The van der Waals surface area contributed by atoms with E-state index in [1.165, 1.54) is 17.1 Å². The molecule has 2 aromatic heterocycles. The SMILES string of the molecule is CCOc1ccc(NC(=O)Cn2cnc3c(cnn3-c3ccccc3C)c2=O)cc1. The number of nitrogens with zero attached hydrogens (tertiary/aromatic N) is 4. The summed E-state index contributed by atoms with van der Waals surface area (Å²) in [5.74, 6) is 0.403. The van der Waals surface area contributed by atoms with Gasteiger partial charge in [-0.3, -0.25) is 14.2 Å². The normalized spacial score (nSPS) is 10.9. The molecule has 2 heterocycles. The Balaban J connectivity index is 1.55. The summed E-state index contributed by atoms with van der Waals surface area (Å²) in [6.45, 7) is 4.30. The van der Waals surface area contributed by atoms with Crippen molar-refractivity contribution >= 4 is 22.6 Å². The first-order chi connectivity index (χ1) is 14.6. The van der Waals surface area contributed by atoms with E-state index in [1.807, 2.05) is 38.1 Å². The predicted molar refractivity (Wildman–Crippen MR) is 114 cm³/mol. The zero-order valence-corrected chi connectivity index (χ0v) is 16.7. The van der Waals surface area contributed by atoms with Crippen LogP contribution in [0.3, 0.4) is 0 Å². The van der Waals surface area contributed by atoms with Crippen LogP contribution in [0.15, 0.2) is 65.8 Å². The second-order valence-corrected chi connectivity index (χ2v) is 6.76. The molecule has 0 saturated heterocycles. The standard InChI is InChI=1S/C22H21N5O3/c1-3-30-17-10-8-16(9-11-17)25-20(28)13-26-14-23-21-18(22(26)29)12-24-27(21)19-7-5-4-6-15(19)2/h4-12,14H,3,13H2,1-2H3,(H,25,28). The highest BCUT2D eigenvalue weighted by Crippen LogP contribution is 2.17. The number of aryl methyl sites for hydroxylation is 1. The van der Waals surface area contributed by atoms with E-state index < -0.39 is 0 Å². The second kappa shape index (κ2) is 8.20. The third-order valence-corrected chi connectivity index (χ3v) is 4.66. The van der Waals surface area contributed by atoms with Crippen molar-refractivity contribution in [1.29, 1.82) is 0 Å². The zero-order valence-electron chi connectivity index (χ0n) is 16.7. The van der Waals surface area contributed by atoms with E-state index in [4.69, 9.17) is 4.74 Å². The van der Waals surface area contributed by atoms with Crippen molar-refractivity contribution in [2.24, 2.45) is 0 Å². The zero-order chi connectivity index (χ0) is 21.1. The van der Waals surface area contributed by atoms with Gasteiger partial charge in [0.1, 0.15) is 24.0 Å². The van der Waals surface area contributed by atoms with E-state index in [0.29, 0.717) is 23.3 Å². The Bertz CT molecular complexity index is 1260. The van der Waals surface area contributed by atoms with Crippen molar-refractivity contribution in [2.75, 3.05) is 11.9 Å². The molecular weight excluding hydrogens is 382 g/mol. The first kappa shape index (κ1) is 19.4. The molecule has 0 fully saturated rings. The average Bonchev–Trinajstić information content (AvgIpc) is 3.17. The van der Waals surface area contributed by atoms with E-state index in [0.717, 1.165) is 17.0 Å². The highest BCUT2D eigenvalue weighted by molar-refractivity contribution is 5.90. The lowest BCUT2D eigenvalue weighted by atomic mass is 10.2. The molecule has 2 aromatic carbocycles. The van der Waals surface area contributed by atoms with Crippen molar-refractivity contribution < 1.29 is 9.53 Å². The maximum Gasteiger partial charge on any atom is 0.264 e. The molecule has 8 nitrogen and oxygen atoms in total. The van der Waals surface area contributed by atoms with E-state index in [2.05, 4.69) is 15.4 Å². The lowest BCUT2D eigenvalue weighted by Crippen LogP contribution is -2.27. The lowest BCUT2D eigenvalue weighted by molar-refractivity contribution is -0.116. The third kappa shape index (κ3) is 3.80. The number of ether oxygens (including phenoxy) is 1. The molecular formula is C22H21N5O3. The Morgan fingerprint density at radius 3 is 2.63 bits per heavy atom. The maximum atomic E-state index is 12.8. The topological polar surface area (TPSA) is 91.0 Å². The molecule has 1 amide bonds. The molecule has 0 atom stereocenters. The molecule has 0 spiro atoms. The number of hydrogen-bond acceptors (Lipinski definition) is 5. The van der Waals surface area contributed by atoms with Crippen LogP contribution < -0.4 is 15.6 Å². The lowest BCUT2D eigenvalue weighted by Gasteiger charge is -2.09. The van der Waals surface area contributed by atoms with E-state index >= 15 is 0 Å². The van der Waals surface area contributed by atoms with E-state index in [1.54, 1.807) is 28.9 Å². The molecule has 0 aliphatic carbocycles. The molecule has 8 heteroatoms. The van der Waals surface area contributed by atoms with E-state index in [-0.39, 0.29) is 18.0 Å². The van der Waals surface area contributed by atoms with Gasteiger partial charge in [-0.2, -0.15) is 5.10 Å². The molecule has 0 saturated carbocycles. The Kier molecular flexibility index (Phi) is 5.30. The van der Waals surface area contributed by atoms with Crippen LogP contribution >= 0.6 is 0 Å². The van der Waals surface area contributed by atoms with Crippen LogP contribution in [0.2, 0.25) is 0 Å². The van der Waals surface area contributed by atoms with Gasteiger partial charge >= 0.3 is 0 Å². The smallest absolute Gasteiger partial charge is 0.264 e. The van der Waals surface area contributed by atoms with Gasteiger partial charge in [0.2, 0.25) is 5.91 Å². The molecule has 0 radical (unpaired) electrons. The maximum absolute atomic E-state index is 12.8. The molecule has 0 bridgehead atoms. The quantitative estimate of drug-likeness (QED) is 0.535. The molecule has 0 aliphatic heterocycles. The summed E-state index contributed by atoms with van der Waals surface area (Å²) in [6, 6.07) is 14.8. The van der Waals surface area contributed by atoms with Crippen LogP contribution in [0.5, 0.6) is 5.75 Å². The fourth-order valence-corrected chi connectivity index (χ4v) is 3.19. The van der Waals surface area contributed by atoms with Crippen molar-refractivity contribution in [3.63, 3.8) is 0 Å². The number of benzene rings is 2. The van der Waals surface area contributed by atoms with Crippen LogP contribution in [0, 0.1) is 6.92 Å². The summed E-state index contributed by atoms with van der Waals surface area (Å²) in [5, 5.41) is 7.45. The number of carbonyl (C=O) groups is 1. The van der Waals surface area contributed by atoms with Gasteiger partial charge in [-0.15, -0.1) is 0 Å². The highest BCUT2D eigenvalue weighted by atomic mass is 16.5. The predicted octanol–water partition coefficient (Wildman–Crippen LogP) is 2.93. The molecule has 0 aliphatic rings. The Hall–Kier alpha value is -3.94. The van der Waals surface area contributed by atoms with Crippen molar-refractivity contribution in [3.8, 4) is 11.4 Å². The minimum atomic E-state index is -0.325. The number of hydrogen-bond donors (Lipinski definition) is 1. The van der Waals surface area contributed by atoms with Crippen LogP contribution in [0.25, 0.3) is 16.7 Å². The number of rotatable bonds is 6. The summed E-state index contributed by atoms with van der Waals surface area (Å²) in [4.78, 5) is 29.6. The number of fused-ring (bicyclic) bond motifs is 1. The number of para-hydroxylation sites is 1. The summed E-state index contributed by atoms with van der Waals surface area (Å²) in [7, 11) is 0. The summed E-state index contributed by atoms with van der Waals surface area (Å²) >= 11 is 0. The van der Waals surface area contributed by atoms with Crippen LogP contribution in [0.1, 0.15) is 12.5 Å². The fourth-order valence-electron chi connectivity index (χ4n) is 3.19. The van der Waals surface area contributed by atoms with E-state index in [9.17, 15) is 9.59 Å². The van der Waals surface area contributed by atoms with Gasteiger partial charge in [0.05, 0.1) is 18.5 Å². The summed E-state index contributed by atoms with van der Waals surface area (Å²) < 4.78 is 8.29. The Labute approximate surface area is 172 Å². The highest BCUT2D eigenvalue weighted by Gasteiger charge is 2.14. The third-order valence-electron chi connectivity index (χ3n) is 4.66. The second-order valence-electron chi connectivity index (χ2n) is 6.76. The molecule has 4 rings (SSSR count). The fraction of sp³-hybridized carbons (Fsp3) is 0.182. The van der Waals surface area contributed by atoms with Gasteiger partial charge in [0.15, 0.2) is 5.65 Å². The molecule has 30 heavy (non-hydrogen) atoms. The number of anilines is 1. The Morgan fingerprint density at radius 2 is 1.90 bits per heavy atom.